The summed E-state index contributed by atoms with van der Waals surface area (Å²) in [4.78, 5) is 9.25. The fourth-order valence-corrected chi connectivity index (χ4v) is 5.28. The molecule has 4 saturated carbocycles. The van der Waals surface area contributed by atoms with E-state index >= 15 is 0 Å². The molecule has 1 aromatic heterocycles. The van der Waals surface area contributed by atoms with E-state index in [2.05, 4.69) is 32.6 Å². The van der Waals surface area contributed by atoms with Gasteiger partial charge in [0.15, 0.2) is 0 Å². The third kappa shape index (κ3) is 1.60. The highest BCUT2D eigenvalue weighted by Gasteiger charge is 2.53. The van der Waals surface area contributed by atoms with Gasteiger partial charge in [-0.1, -0.05) is 0 Å². The molecule has 0 saturated heterocycles. The lowest BCUT2D eigenvalue weighted by molar-refractivity contribution is -0.00935. The van der Waals surface area contributed by atoms with Gasteiger partial charge in [-0.25, -0.2) is 9.97 Å². The van der Waals surface area contributed by atoms with Crippen LogP contribution in [0.15, 0.2) is 6.20 Å². The number of nitrogens with zero attached hydrogens (tertiary/aromatic N) is 2. The molecule has 0 spiro atoms. The highest BCUT2D eigenvalue weighted by atomic mass is 127. The standard InChI is InChI=1S/C14H18IN3/c15-11-7-17-13(18-12(11)16)14-4-8-1-9(5-14)3-10(2-8)6-14/h7-10H,1-6H2,(H2,16,17,18). The molecular weight excluding hydrogens is 337 g/mol. The van der Waals surface area contributed by atoms with Crippen LogP contribution in [0, 0.1) is 21.3 Å². The Kier molecular flexibility index (Phi) is 2.42. The van der Waals surface area contributed by atoms with Crippen molar-refractivity contribution in [3.8, 4) is 0 Å². The van der Waals surface area contributed by atoms with E-state index in [1.807, 2.05) is 6.20 Å². The van der Waals surface area contributed by atoms with Crippen molar-refractivity contribution in [2.75, 3.05) is 5.73 Å². The van der Waals surface area contributed by atoms with Gasteiger partial charge >= 0.3 is 0 Å². The first-order valence-corrected chi connectivity index (χ1v) is 8.01. The quantitative estimate of drug-likeness (QED) is 0.788. The Labute approximate surface area is 121 Å². The molecule has 96 valence electrons. The number of hydrogen-bond acceptors (Lipinski definition) is 3. The van der Waals surface area contributed by atoms with Crippen LogP contribution in [0.4, 0.5) is 5.82 Å². The molecule has 4 aliphatic rings. The molecule has 0 aliphatic heterocycles. The normalized spacial score (nSPS) is 41.3. The fraction of sp³-hybridized carbons (Fsp3) is 0.714. The van der Waals surface area contributed by atoms with Gasteiger partial charge in [0.2, 0.25) is 0 Å². The first-order valence-electron chi connectivity index (χ1n) is 6.93. The minimum Gasteiger partial charge on any atom is -0.383 e. The Morgan fingerprint density at radius 3 is 2.17 bits per heavy atom. The molecule has 2 N–H and O–H groups in total. The van der Waals surface area contributed by atoms with Crippen molar-refractivity contribution >= 4 is 28.4 Å². The molecule has 1 heterocycles. The summed E-state index contributed by atoms with van der Waals surface area (Å²) in [5.41, 5.74) is 6.25. The summed E-state index contributed by atoms with van der Waals surface area (Å²) in [7, 11) is 0. The predicted molar refractivity (Wildman–Crippen MR) is 79.0 cm³/mol. The summed E-state index contributed by atoms with van der Waals surface area (Å²) < 4.78 is 0.973. The van der Waals surface area contributed by atoms with Crippen molar-refractivity contribution < 1.29 is 0 Å². The van der Waals surface area contributed by atoms with Gasteiger partial charge in [0.25, 0.3) is 0 Å². The van der Waals surface area contributed by atoms with Crippen LogP contribution in [-0.4, -0.2) is 9.97 Å². The van der Waals surface area contributed by atoms with Crippen LogP contribution in [-0.2, 0) is 5.41 Å². The van der Waals surface area contributed by atoms with Gasteiger partial charge in [-0.15, -0.1) is 0 Å². The van der Waals surface area contributed by atoms with E-state index in [4.69, 9.17) is 5.73 Å². The summed E-state index contributed by atoms with van der Waals surface area (Å²) in [6, 6.07) is 0. The fourth-order valence-electron chi connectivity index (χ4n) is 5.02. The zero-order valence-electron chi connectivity index (χ0n) is 10.4. The van der Waals surface area contributed by atoms with E-state index in [1.165, 1.54) is 38.5 Å². The van der Waals surface area contributed by atoms with Crippen LogP contribution >= 0.6 is 22.6 Å². The van der Waals surface area contributed by atoms with Crippen molar-refractivity contribution in [1.82, 2.24) is 9.97 Å². The van der Waals surface area contributed by atoms with Gasteiger partial charge < -0.3 is 5.73 Å². The van der Waals surface area contributed by atoms with Gasteiger partial charge in [-0.2, -0.15) is 0 Å². The molecule has 0 unspecified atom stereocenters. The van der Waals surface area contributed by atoms with Crippen LogP contribution < -0.4 is 5.73 Å². The molecule has 0 radical (unpaired) electrons. The van der Waals surface area contributed by atoms with Crippen LogP contribution in [0.2, 0.25) is 0 Å². The molecule has 4 heteroatoms. The Morgan fingerprint density at radius 2 is 1.67 bits per heavy atom. The van der Waals surface area contributed by atoms with E-state index in [0.717, 1.165) is 27.1 Å². The number of aromatic nitrogens is 2. The largest absolute Gasteiger partial charge is 0.383 e. The van der Waals surface area contributed by atoms with Crippen molar-refractivity contribution in [1.29, 1.82) is 0 Å². The van der Waals surface area contributed by atoms with Gasteiger partial charge in [0.05, 0.1) is 3.57 Å². The molecule has 3 nitrogen and oxygen atoms in total. The van der Waals surface area contributed by atoms with Gasteiger partial charge in [0, 0.05) is 11.6 Å². The Bertz CT molecular complexity index is 465. The molecule has 4 aliphatic carbocycles. The zero-order chi connectivity index (χ0) is 12.3. The molecule has 4 bridgehead atoms. The summed E-state index contributed by atoms with van der Waals surface area (Å²) in [6.45, 7) is 0. The maximum atomic E-state index is 5.98. The Hall–Kier alpha value is -0.390. The molecule has 4 fully saturated rings. The lowest BCUT2D eigenvalue weighted by Crippen LogP contribution is -2.49. The van der Waals surface area contributed by atoms with Gasteiger partial charge in [-0.05, 0) is 78.9 Å². The van der Waals surface area contributed by atoms with Crippen LogP contribution in [0.5, 0.6) is 0 Å². The highest BCUT2D eigenvalue weighted by Crippen LogP contribution is 2.60. The first kappa shape index (κ1) is 11.4. The molecule has 1 aromatic rings. The van der Waals surface area contributed by atoms with E-state index in [-0.39, 0.29) is 5.41 Å². The number of rotatable bonds is 1. The molecule has 0 aromatic carbocycles. The van der Waals surface area contributed by atoms with E-state index < -0.39 is 0 Å². The topological polar surface area (TPSA) is 51.8 Å². The molecule has 18 heavy (non-hydrogen) atoms. The van der Waals surface area contributed by atoms with E-state index in [9.17, 15) is 0 Å². The lowest BCUT2D eigenvalue weighted by Gasteiger charge is -2.55. The predicted octanol–water partition coefficient (Wildman–Crippen LogP) is 3.13. The van der Waals surface area contributed by atoms with Crippen LogP contribution in [0.25, 0.3) is 0 Å². The first-order chi connectivity index (χ1) is 8.64. The number of nitrogen functional groups attached to an aromatic ring is 1. The van der Waals surface area contributed by atoms with Gasteiger partial charge in [0.1, 0.15) is 11.6 Å². The summed E-state index contributed by atoms with van der Waals surface area (Å²) >= 11 is 2.21. The van der Waals surface area contributed by atoms with Gasteiger partial charge in [-0.3, -0.25) is 0 Å². The smallest absolute Gasteiger partial charge is 0.140 e. The van der Waals surface area contributed by atoms with Crippen molar-refractivity contribution in [3.63, 3.8) is 0 Å². The number of halogens is 1. The van der Waals surface area contributed by atoms with Crippen LogP contribution in [0.3, 0.4) is 0 Å². The summed E-state index contributed by atoms with van der Waals surface area (Å²) in [5.74, 6) is 4.50. The average Bonchev–Trinajstić information content (AvgIpc) is 2.31. The number of anilines is 1. The summed E-state index contributed by atoms with van der Waals surface area (Å²) in [5, 5.41) is 0. The second-order valence-electron chi connectivity index (χ2n) is 6.62. The minimum atomic E-state index is 0.271. The third-order valence-electron chi connectivity index (χ3n) is 5.28. The molecule has 0 amide bonds. The second kappa shape index (κ2) is 3.81. The highest BCUT2D eigenvalue weighted by molar-refractivity contribution is 14.1. The summed E-state index contributed by atoms with van der Waals surface area (Å²) in [6.07, 6.45) is 10.2. The van der Waals surface area contributed by atoms with Crippen molar-refractivity contribution in [3.05, 3.63) is 15.6 Å². The van der Waals surface area contributed by atoms with Crippen LogP contribution in [0.1, 0.15) is 44.3 Å². The Morgan fingerprint density at radius 1 is 1.11 bits per heavy atom. The molecule has 0 atom stereocenters. The monoisotopic (exact) mass is 355 g/mol. The maximum Gasteiger partial charge on any atom is 0.140 e. The lowest BCUT2D eigenvalue weighted by atomic mass is 9.49. The number of hydrogen-bond donors (Lipinski definition) is 1. The number of nitrogens with two attached hydrogens (primary N) is 1. The van der Waals surface area contributed by atoms with E-state index in [0.29, 0.717) is 5.82 Å². The SMILES string of the molecule is Nc1nc(C23CC4CC(CC(C4)C2)C3)ncc1I. The zero-order valence-corrected chi connectivity index (χ0v) is 12.6. The third-order valence-corrected chi connectivity index (χ3v) is 6.11. The molecule has 5 rings (SSSR count). The van der Waals surface area contributed by atoms with Crippen molar-refractivity contribution in [2.24, 2.45) is 17.8 Å². The maximum absolute atomic E-state index is 5.98. The average molecular weight is 355 g/mol. The minimum absolute atomic E-state index is 0.271. The van der Waals surface area contributed by atoms with Crippen molar-refractivity contribution in [2.45, 2.75) is 43.9 Å². The second-order valence-corrected chi connectivity index (χ2v) is 7.79. The Balaban J connectivity index is 1.76. The van der Waals surface area contributed by atoms with E-state index in [1.54, 1.807) is 0 Å². The molecular formula is C14H18IN3.